The fraction of sp³-hybridized carbons (Fsp3) is 0.750. The Balaban J connectivity index is 0.00000169. The summed E-state index contributed by atoms with van der Waals surface area (Å²) in [6, 6.07) is 0.257. The maximum absolute atomic E-state index is 11.0. The number of hydrogen-bond donors (Lipinski definition) is 3. The molecule has 0 saturated carbocycles. The Morgan fingerprint density at radius 3 is 2.36 bits per heavy atom. The summed E-state index contributed by atoms with van der Waals surface area (Å²) in [5.41, 5.74) is 5.21. The second-order valence-corrected chi connectivity index (χ2v) is 3.34. The molecule has 0 spiro atoms. The Labute approximate surface area is 89.9 Å². The topological polar surface area (TPSA) is 82.2 Å². The summed E-state index contributed by atoms with van der Waals surface area (Å²) >= 11 is 0. The molecular formula is C8H17ClN4O. The first-order valence-corrected chi connectivity index (χ1v) is 4.45. The van der Waals surface area contributed by atoms with E-state index in [2.05, 4.69) is 5.32 Å². The van der Waals surface area contributed by atoms with E-state index in [0.29, 0.717) is 0 Å². The number of carbonyl (C=O) groups is 1. The number of nitrogens with one attached hydrogen (secondary N) is 2. The van der Waals surface area contributed by atoms with Gasteiger partial charge in [-0.3, -0.25) is 10.2 Å². The Morgan fingerprint density at radius 2 is 2.00 bits per heavy atom. The number of likely N-dealkylation sites (tertiary alicyclic amines) is 1. The second kappa shape index (κ2) is 5.70. The van der Waals surface area contributed by atoms with E-state index < -0.39 is 0 Å². The van der Waals surface area contributed by atoms with Crippen LogP contribution in [0, 0.1) is 5.41 Å². The summed E-state index contributed by atoms with van der Waals surface area (Å²) in [5.74, 6) is 0.141. The molecule has 5 nitrogen and oxygen atoms in total. The van der Waals surface area contributed by atoms with Crippen molar-refractivity contribution >= 4 is 24.3 Å². The van der Waals surface area contributed by atoms with Gasteiger partial charge in [-0.15, -0.1) is 12.4 Å². The van der Waals surface area contributed by atoms with Gasteiger partial charge in [-0.05, 0) is 12.8 Å². The third kappa shape index (κ3) is 3.83. The number of nitrogens with zero attached hydrogens (tertiary/aromatic N) is 1. The molecule has 1 saturated heterocycles. The van der Waals surface area contributed by atoms with E-state index in [0.717, 1.165) is 25.9 Å². The largest absolute Gasteiger partial charge is 0.370 e. The molecule has 0 aromatic rings. The number of hydrogen-bond acceptors (Lipinski definition) is 2. The van der Waals surface area contributed by atoms with Crippen LogP contribution in [0.4, 0.5) is 0 Å². The molecule has 0 unspecified atom stereocenters. The van der Waals surface area contributed by atoms with Crippen molar-refractivity contribution in [3.8, 4) is 0 Å². The molecule has 6 heteroatoms. The number of amides is 1. The van der Waals surface area contributed by atoms with Gasteiger partial charge in [0, 0.05) is 26.1 Å². The van der Waals surface area contributed by atoms with Crippen LogP contribution in [0.1, 0.15) is 19.8 Å². The van der Waals surface area contributed by atoms with Crippen molar-refractivity contribution in [2.24, 2.45) is 5.73 Å². The first kappa shape index (κ1) is 13.0. The number of carbonyl (C=O) groups excluding carboxylic acids is 1. The maximum atomic E-state index is 11.0. The molecule has 0 bridgehead atoms. The van der Waals surface area contributed by atoms with Crippen LogP contribution in [0.15, 0.2) is 0 Å². The Hall–Kier alpha value is -0.970. The van der Waals surface area contributed by atoms with Crippen LogP contribution >= 0.6 is 12.4 Å². The summed E-state index contributed by atoms with van der Waals surface area (Å²) in [6.45, 7) is 3.11. The highest BCUT2D eigenvalue weighted by atomic mass is 35.5. The molecule has 0 aliphatic carbocycles. The van der Waals surface area contributed by atoms with E-state index in [9.17, 15) is 4.79 Å². The summed E-state index contributed by atoms with van der Waals surface area (Å²) in [6.07, 6.45) is 1.75. The summed E-state index contributed by atoms with van der Waals surface area (Å²) in [7, 11) is 0. The molecule has 1 aliphatic rings. The van der Waals surface area contributed by atoms with Crippen LogP contribution in [0.5, 0.6) is 0 Å². The molecule has 82 valence electrons. The van der Waals surface area contributed by atoms with Gasteiger partial charge in [-0.1, -0.05) is 0 Å². The fourth-order valence-electron chi connectivity index (χ4n) is 1.56. The predicted octanol–water partition coefficient (Wildman–Crippen LogP) is -0.0978. The number of halogens is 1. The molecule has 0 aromatic heterocycles. The Morgan fingerprint density at radius 1 is 1.50 bits per heavy atom. The molecule has 0 atom stereocenters. The smallest absolute Gasteiger partial charge is 0.219 e. The van der Waals surface area contributed by atoms with Gasteiger partial charge in [-0.2, -0.15) is 0 Å². The van der Waals surface area contributed by atoms with Crippen LogP contribution in [0.2, 0.25) is 0 Å². The molecular weight excluding hydrogens is 204 g/mol. The molecule has 0 radical (unpaired) electrons. The summed E-state index contributed by atoms with van der Waals surface area (Å²) in [5, 5.41) is 9.92. The molecule has 0 aromatic carbocycles. The normalized spacial score (nSPS) is 17.1. The van der Waals surface area contributed by atoms with Gasteiger partial charge < -0.3 is 16.0 Å². The van der Waals surface area contributed by atoms with Crippen LogP contribution in [0.3, 0.4) is 0 Å². The lowest BCUT2D eigenvalue weighted by molar-refractivity contribution is -0.129. The lowest BCUT2D eigenvalue weighted by Gasteiger charge is -2.31. The van der Waals surface area contributed by atoms with Gasteiger partial charge >= 0.3 is 0 Å². The van der Waals surface area contributed by atoms with Crippen LogP contribution < -0.4 is 11.1 Å². The zero-order valence-electron chi connectivity index (χ0n) is 8.25. The molecule has 14 heavy (non-hydrogen) atoms. The lowest BCUT2D eigenvalue weighted by Crippen LogP contribution is -2.47. The van der Waals surface area contributed by atoms with Crippen molar-refractivity contribution in [2.75, 3.05) is 13.1 Å². The summed E-state index contributed by atoms with van der Waals surface area (Å²) < 4.78 is 0. The highest BCUT2D eigenvalue weighted by Gasteiger charge is 2.20. The molecule has 1 heterocycles. The number of guanidine groups is 1. The van der Waals surface area contributed by atoms with Gasteiger partial charge in [0.05, 0.1) is 0 Å². The SMILES string of the molecule is CC(=O)N1CCC(NC(=N)N)CC1.Cl. The minimum Gasteiger partial charge on any atom is -0.370 e. The minimum atomic E-state index is 0. The number of rotatable bonds is 1. The maximum Gasteiger partial charge on any atom is 0.219 e. The molecule has 1 aliphatic heterocycles. The zero-order chi connectivity index (χ0) is 9.84. The van der Waals surface area contributed by atoms with Crippen molar-refractivity contribution in [3.63, 3.8) is 0 Å². The van der Waals surface area contributed by atoms with E-state index in [-0.39, 0.29) is 30.3 Å². The van der Waals surface area contributed by atoms with Gasteiger partial charge in [0.1, 0.15) is 0 Å². The number of piperidine rings is 1. The average Bonchev–Trinajstić information content (AvgIpc) is 2.04. The van der Waals surface area contributed by atoms with E-state index in [1.54, 1.807) is 6.92 Å². The van der Waals surface area contributed by atoms with Crippen molar-refractivity contribution in [2.45, 2.75) is 25.8 Å². The van der Waals surface area contributed by atoms with Crippen molar-refractivity contribution in [1.29, 1.82) is 5.41 Å². The lowest BCUT2D eigenvalue weighted by atomic mass is 10.1. The fourth-order valence-corrected chi connectivity index (χ4v) is 1.56. The van der Waals surface area contributed by atoms with Gasteiger partial charge in [0.2, 0.25) is 5.91 Å². The first-order chi connectivity index (χ1) is 6.09. The molecule has 1 rings (SSSR count). The van der Waals surface area contributed by atoms with Crippen molar-refractivity contribution in [3.05, 3.63) is 0 Å². The Kier molecular flexibility index (Phi) is 5.30. The first-order valence-electron chi connectivity index (χ1n) is 4.45. The van der Waals surface area contributed by atoms with Crippen LogP contribution in [0.25, 0.3) is 0 Å². The van der Waals surface area contributed by atoms with Crippen molar-refractivity contribution < 1.29 is 4.79 Å². The highest BCUT2D eigenvalue weighted by molar-refractivity contribution is 5.85. The predicted molar refractivity (Wildman–Crippen MR) is 57.6 cm³/mol. The monoisotopic (exact) mass is 220 g/mol. The minimum absolute atomic E-state index is 0. The zero-order valence-corrected chi connectivity index (χ0v) is 9.06. The van der Waals surface area contributed by atoms with Gasteiger partial charge in [0.15, 0.2) is 5.96 Å². The van der Waals surface area contributed by atoms with Gasteiger partial charge in [0.25, 0.3) is 0 Å². The van der Waals surface area contributed by atoms with Crippen LogP contribution in [-0.2, 0) is 4.79 Å². The van der Waals surface area contributed by atoms with E-state index in [1.165, 1.54) is 0 Å². The van der Waals surface area contributed by atoms with E-state index in [4.69, 9.17) is 11.1 Å². The van der Waals surface area contributed by atoms with Crippen molar-refractivity contribution in [1.82, 2.24) is 10.2 Å². The average molecular weight is 221 g/mol. The third-order valence-corrected chi connectivity index (χ3v) is 2.30. The summed E-state index contributed by atoms with van der Waals surface area (Å²) in [4.78, 5) is 12.8. The molecule has 4 N–H and O–H groups in total. The van der Waals surface area contributed by atoms with Gasteiger partial charge in [-0.25, -0.2) is 0 Å². The highest BCUT2D eigenvalue weighted by Crippen LogP contribution is 2.09. The van der Waals surface area contributed by atoms with E-state index in [1.807, 2.05) is 4.90 Å². The third-order valence-electron chi connectivity index (χ3n) is 2.30. The second-order valence-electron chi connectivity index (χ2n) is 3.34. The van der Waals surface area contributed by atoms with Crippen LogP contribution in [-0.4, -0.2) is 35.9 Å². The van der Waals surface area contributed by atoms with E-state index >= 15 is 0 Å². The quantitative estimate of drug-likeness (QED) is 0.427. The molecule has 1 fully saturated rings. The molecule has 1 amide bonds. The Bertz CT molecular complexity index is 213. The standard InChI is InChI=1S/C8H16N4O.ClH/c1-6(13)12-4-2-7(3-5-12)11-8(9)10;/h7H,2-5H2,1H3,(H4,9,10,11);1H. The number of nitrogens with two attached hydrogens (primary N) is 1.